The molecule has 0 radical (unpaired) electrons. The van der Waals surface area contributed by atoms with Crippen LogP contribution in [-0.4, -0.2) is 65.8 Å². The molecule has 2 aliphatic rings. The number of benzene rings is 1. The van der Waals surface area contributed by atoms with Crippen molar-refractivity contribution in [2.45, 2.75) is 49.8 Å². The van der Waals surface area contributed by atoms with Crippen LogP contribution in [0.4, 0.5) is 5.82 Å². The van der Waals surface area contributed by atoms with Gasteiger partial charge in [0.25, 0.3) is 0 Å². The number of rotatable bonds is 4. The van der Waals surface area contributed by atoms with Gasteiger partial charge in [-0.15, -0.1) is 0 Å². The average molecular weight is 397 g/mol. The molecule has 5 unspecified atom stereocenters. The molecule has 3 heterocycles. The van der Waals surface area contributed by atoms with Crippen LogP contribution in [0.5, 0.6) is 0 Å². The first-order valence-corrected chi connectivity index (χ1v) is 9.79. The Kier molecular flexibility index (Phi) is 4.67. The van der Waals surface area contributed by atoms with E-state index in [-0.39, 0.29) is 12.6 Å². The van der Waals surface area contributed by atoms with Crippen molar-refractivity contribution in [1.82, 2.24) is 19.5 Å². The average Bonchev–Trinajstić information content (AvgIpc) is 3.30. The van der Waals surface area contributed by atoms with Crippen LogP contribution in [0.2, 0.25) is 0 Å². The van der Waals surface area contributed by atoms with E-state index in [9.17, 15) is 15.3 Å². The van der Waals surface area contributed by atoms with Crippen molar-refractivity contribution in [3.63, 3.8) is 0 Å². The lowest BCUT2D eigenvalue weighted by Gasteiger charge is -2.25. The summed E-state index contributed by atoms with van der Waals surface area (Å²) in [5, 5.41) is 33.2. The molecule has 2 aromatic heterocycles. The van der Waals surface area contributed by atoms with Gasteiger partial charge in [0.05, 0.1) is 12.9 Å². The highest BCUT2D eigenvalue weighted by Gasteiger charge is 2.44. The molecule has 5 rings (SSSR count). The third-order valence-electron chi connectivity index (χ3n) is 5.84. The minimum Gasteiger partial charge on any atom is -0.394 e. The van der Waals surface area contributed by atoms with Crippen molar-refractivity contribution >= 4 is 17.0 Å². The molecule has 4 N–H and O–H groups in total. The van der Waals surface area contributed by atoms with Crippen LogP contribution >= 0.6 is 0 Å². The molecule has 1 aliphatic heterocycles. The normalized spacial score (nSPS) is 29.1. The van der Waals surface area contributed by atoms with Gasteiger partial charge in [0.2, 0.25) is 0 Å². The van der Waals surface area contributed by atoms with Crippen LogP contribution in [-0.2, 0) is 17.6 Å². The number of fused-ring (bicyclic) bond motifs is 2. The minimum atomic E-state index is -1.19. The lowest BCUT2D eigenvalue weighted by atomic mass is 9.88. The summed E-state index contributed by atoms with van der Waals surface area (Å²) < 4.78 is 7.18. The van der Waals surface area contributed by atoms with Crippen molar-refractivity contribution in [2.24, 2.45) is 0 Å². The summed E-state index contributed by atoms with van der Waals surface area (Å²) in [4.78, 5) is 13.1. The van der Waals surface area contributed by atoms with E-state index in [1.807, 2.05) is 0 Å². The Balaban J connectivity index is 1.41. The molecular weight excluding hydrogens is 374 g/mol. The molecule has 0 amide bonds. The Hall–Kier alpha value is -2.59. The highest BCUT2D eigenvalue weighted by Crippen LogP contribution is 2.32. The Bertz CT molecular complexity index is 1030. The lowest BCUT2D eigenvalue weighted by Crippen LogP contribution is -2.33. The molecule has 1 aromatic carbocycles. The Morgan fingerprint density at radius 3 is 2.72 bits per heavy atom. The van der Waals surface area contributed by atoms with Gasteiger partial charge in [0, 0.05) is 6.04 Å². The van der Waals surface area contributed by atoms with Crippen LogP contribution in [0, 0.1) is 0 Å². The van der Waals surface area contributed by atoms with Gasteiger partial charge in [-0.25, -0.2) is 15.0 Å². The molecule has 5 atom stereocenters. The van der Waals surface area contributed by atoms with E-state index < -0.39 is 24.5 Å². The van der Waals surface area contributed by atoms with Gasteiger partial charge in [-0.3, -0.25) is 4.57 Å². The lowest BCUT2D eigenvalue weighted by molar-refractivity contribution is -0.0511. The number of aryl methyl sites for hydroxylation is 1. The van der Waals surface area contributed by atoms with E-state index in [2.05, 4.69) is 44.5 Å². The quantitative estimate of drug-likeness (QED) is 0.499. The zero-order chi connectivity index (χ0) is 20.0. The van der Waals surface area contributed by atoms with Crippen molar-refractivity contribution in [3.05, 3.63) is 48.0 Å². The minimum absolute atomic E-state index is 0.238. The van der Waals surface area contributed by atoms with Crippen molar-refractivity contribution in [3.8, 4) is 0 Å². The Morgan fingerprint density at radius 2 is 1.93 bits per heavy atom. The van der Waals surface area contributed by atoms with Crippen LogP contribution in [0.3, 0.4) is 0 Å². The van der Waals surface area contributed by atoms with E-state index in [0.29, 0.717) is 17.0 Å². The Labute approximate surface area is 167 Å². The van der Waals surface area contributed by atoms with Crippen LogP contribution < -0.4 is 5.32 Å². The van der Waals surface area contributed by atoms with E-state index in [1.54, 1.807) is 4.57 Å². The summed E-state index contributed by atoms with van der Waals surface area (Å²) in [6.45, 7) is -0.383. The third-order valence-corrected chi connectivity index (χ3v) is 5.84. The summed E-state index contributed by atoms with van der Waals surface area (Å²) in [7, 11) is 0. The Morgan fingerprint density at radius 1 is 1.10 bits per heavy atom. The number of aliphatic hydroxyl groups is 3. The van der Waals surface area contributed by atoms with E-state index in [1.165, 1.54) is 23.8 Å². The van der Waals surface area contributed by atoms with Gasteiger partial charge in [0.1, 0.15) is 24.6 Å². The third kappa shape index (κ3) is 3.16. The highest BCUT2D eigenvalue weighted by molar-refractivity contribution is 5.82. The molecule has 1 aliphatic carbocycles. The summed E-state index contributed by atoms with van der Waals surface area (Å²) in [6.07, 6.45) is 1.79. The maximum atomic E-state index is 10.3. The fraction of sp³-hybridized carbons (Fsp3) is 0.450. The van der Waals surface area contributed by atoms with Gasteiger partial charge in [-0.05, 0) is 30.4 Å². The largest absolute Gasteiger partial charge is 0.394 e. The number of hydrogen-bond acceptors (Lipinski definition) is 8. The van der Waals surface area contributed by atoms with Crippen LogP contribution in [0.15, 0.2) is 36.9 Å². The molecule has 9 heteroatoms. The number of hydrogen-bond donors (Lipinski definition) is 4. The number of aromatic nitrogens is 4. The first-order chi connectivity index (χ1) is 14.2. The maximum absolute atomic E-state index is 10.3. The van der Waals surface area contributed by atoms with Crippen molar-refractivity contribution in [2.75, 3.05) is 11.9 Å². The zero-order valence-corrected chi connectivity index (χ0v) is 15.7. The van der Waals surface area contributed by atoms with Gasteiger partial charge in [-0.2, -0.15) is 0 Å². The monoisotopic (exact) mass is 397 g/mol. The molecule has 1 fully saturated rings. The molecule has 9 nitrogen and oxygen atoms in total. The van der Waals surface area contributed by atoms with Crippen molar-refractivity contribution in [1.29, 1.82) is 0 Å². The fourth-order valence-electron chi connectivity index (χ4n) is 4.27. The van der Waals surface area contributed by atoms with E-state index in [0.717, 1.165) is 19.3 Å². The summed E-state index contributed by atoms with van der Waals surface area (Å²) >= 11 is 0. The number of nitrogens with zero attached hydrogens (tertiary/aromatic N) is 4. The standard InChI is InChI=1S/C20H23N5O4/c26-8-14-16(27)17(28)20(29-14)25-10-23-15-18(21-9-22-19(15)25)24-13-6-5-11-3-1-2-4-12(11)7-13/h1-4,9-10,13-14,16-17,20,26-28H,5-8H2,(H,21,22,24). The molecular formula is C20H23N5O4. The molecule has 3 aromatic rings. The molecule has 0 saturated carbocycles. The molecule has 1 saturated heterocycles. The SMILES string of the molecule is OCC1OC(n2cnc3c(NC4CCc5ccccc5C4)ncnc32)C(O)C1O. The number of anilines is 1. The topological polar surface area (TPSA) is 126 Å². The predicted octanol–water partition coefficient (Wildman–Crippen LogP) is 0.407. The van der Waals surface area contributed by atoms with Gasteiger partial charge in [-0.1, -0.05) is 24.3 Å². The maximum Gasteiger partial charge on any atom is 0.167 e. The number of ether oxygens (including phenoxy) is 1. The fourth-order valence-corrected chi connectivity index (χ4v) is 4.27. The smallest absolute Gasteiger partial charge is 0.167 e. The first-order valence-electron chi connectivity index (χ1n) is 9.79. The summed E-state index contributed by atoms with van der Waals surface area (Å²) in [5.41, 5.74) is 3.81. The number of nitrogens with one attached hydrogen (secondary N) is 1. The molecule has 29 heavy (non-hydrogen) atoms. The number of imidazole rings is 1. The second kappa shape index (κ2) is 7.34. The summed E-state index contributed by atoms with van der Waals surface area (Å²) in [5.74, 6) is 0.630. The second-order valence-electron chi connectivity index (χ2n) is 7.63. The van der Waals surface area contributed by atoms with Crippen LogP contribution in [0.25, 0.3) is 11.2 Å². The first kappa shape index (κ1) is 18.4. The zero-order valence-electron chi connectivity index (χ0n) is 15.7. The summed E-state index contributed by atoms with van der Waals surface area (Å²) in [6, 6.07) is 8.71. The van der Waals surface area contributed by atoms with Gasteiger partial charge in [0.15, 0.2) is 23.2 Å². The van der Waals surface area contributed by atoms with Gasteiger partial charge >= 0.3 is 0 Å². The van der Waals surface area contributed by atoms with Gasteiger partial charge < -0.3 is 25.4 Å². The molecule has 0 spiro atoms. The number of aliphatic hydroxyl groups excluding tert-OH is 3. The molecule has 0 bridgehead atoms. The molecule has 152 valence electrons. The van der Waals surface area contributed by atoms with Crippen LogP contribution in [0.1, 0.15) is 23.8 Å². The second-order valence-corrected chi connectivity index (χ2v) is 7.63. The highest BCUT2D eigenvalue weighted by atomic mass is 16.6. The predicted molar refractivity (Wildman–Crippen MR) is 104 cm³/mol. The van der Waals surface area contributed by atoms with Crippen molar-refractivity contribution < 1.29 is 20.1 Å². The van der Waals surface area contributed by atoms with E-state index >= 15 is 0 Å². The van der Waals surface area contributed by atoms with E-state index in [4.69, 9.17) is 4.74 Å².